The maximum Gasteiger partial charge on any atom is 0.208 e. The topological polar surface area (TPSA) is 68.2 Å². The number of unbranched alkanes of at least 4 members (excludes halogenated alkanes) is 13. The number of pyridine rings is 1. The quantitative estimate of drug-likeness (QED) is 0.277. The van der Waals surface area contributed by atoms with Gasteiger partial charge in [-0.25, -0.2) is 0 Å². The number of anilines is 1. The number of rotatable bonds is 15. The molecule has 27 heavy (non-hydrogen) atoms. The minimum absolute atomic E-state index is 0.106. The predicted molar refractivity (Wildman–Crippen MR) is 116 cm³/mol. The van der Waals surface area contributed by atoms with Crippen molar-refractivity contribution in [3.05, 3.63) is 27.2 Å². The molecule has 0 aliphatic heterocycles. The predicted octanol–water partition coefficient (Wildman–Crippen LogP) is 6.31. The summed E-state index contributed by atoms with van der Waals surface area (Å²) >= 11 is 0. The largest absolute Gasteiger partial charge is 0.428 e. The van der Waals surface area contributed by atoms with Gasteiger partial charge in [0.15, 0.2) is 0 Å². The molecule has 0 amide bonds. The van der Waals surface area contributed by atoms with Crippen LogP contribution in [0.1, 0.15) is 114 Å². The van der Waals surface area contributed by atoms with Crippen molar-refractivity contribution in [2.75, 3.05) is 5.73 Å². The molecule has 4 heteroatoms. The first-order valence-corrected chi connectivity index (χ1v) is 11.2. The van der Waals surface area contributed by atoms with E-state index in [2.05, 4.69) is 6.92 Å². The summed E-state index contributed by atoms with van der Waals surface area (Å²) in [5, 5.41) is 10.0. The van der Waals surface area contributed by atoms with Gasteiger partial charge in [-0.2, -0.15) is 4.73 Å². The van der Waals surface area contributed by atoms with E-state index < -0.39 is 0 Å². The molecule has 0 radical (unpaired) electrons. The van der Waals surface area contributed by atoms with Crippen LogP contribution in [0.4, 0.5) is 5.69 Å². The van der Waals surface area contributed by atoms with E-state index in [1.807, 2.05) is 0 Å². The van der Waals surface area contributed by atoms with E-state index in [0.717, 1.165) is 17.6 Å². The van der Waals surface area contributed by atoms with E-state index in [-0.39, 0.29) is 11.1 Å². The van der Waals surface area contributed by atoms with Gasteiger partial charge in [0.1, 0.15) is 5.69 Å². The fraction of sp³-hybridized carbons (Fsp3) is 0.783. The summed E-state index contributed by atoms with van der Waals surface area (Å²) in [6.45, 7) is 5.72. The van der Waals surface area contributed by atoms with Crippen LogP contribution in [-0.4, -0.2) is 9.94 Å². The highest BCUT2D eigenvalue weighted by Gasteiger charge is 2.14. The van der Waals surface area contributed by atoms with Crippen LogP contribution in [0.3, 0.4) is 0 Å². The van der Waals surface area contributed by atoms with Crippen molar-refractivity contribution < 1.29 is 5.21 Å². The van der Waals surface area contributed by atoms with Gasteiger partial charge in [0.05, 0.1) is 11.4 Å². The van der Waals surface area contributed by atoms with Gasteiger partial charge in [-0.1, -0.05) is 90.4 Å². The molecule has 0 aromatic carbocycles. The molecule has 0 bridgehead atoms. The lowest BCUT2D eigenvalue weighted by Gasteiger charge is -2.13. The Morgan fingerprint density at radius 1 is 0.741 bits per heavy atom. The highest BCUT2D eigenvalue weighted by molar-refractivity contribution is 5.46. The minimum atomic E-state index is -0.106. The summed E-state index contributed by atoms with van der Waals surface area (Å²) in [7, 11) is 0. The smallest absolute Gasteiger partial charge is 0.208 e. The van der Waals surface area contributed by atoms with Crippen molar-refractivity contribution in [2.45, 2.75) is 117 Å². The first-order chi connectivity index (χ1) is 13.0. The Kier molecular flexibility index (Phi) is 12.0. The van der Waals surface area contributed by atoms with Crippen LogP contribution in [0.15, 0.2) is 4.79 Å². The lowest BCUT2D eigenvalue weighted by molar-refractivity contribution is 0.170. The number of hydrogen-bond acceptors (Lipinski definition) is 3. The molecule has 0 saturated carbocycles. The first-order valence-electron chi connectivity index (χ1n) is 11.2. The molecule has 0 spiro atoms. The molecule has 3 N–H and O–H groups in total. The zero-order valence-corrected chi connectivity index (χ0v) is 18.0. The average molecular weight is 379 g/mol. The highest BCUT2D eigenvalue weighted by atomic mass is 16.5. The molecule has 0 unspecified atom stereocenters. The second-order valence-electron chi connectivity index (χ2n) is 8.05. The molecule has 0 aliphatic rings. The highest BCUT2D eigenvalue weighted by Crippen LogP contribution is 2.16. The molecule has 1 rings (SSSR count). The SMILES string of the molecule is CCCCCCCCCCCCCCCCc1c(C)n(O)c(C)c(N)c1=O. The number of nitrogens with zero attached hydrogens (tertiary/aromatic N) is 1. The van der Waals surface area contributed by atoms with Crippen molar-refractivity contribution in [1.82, 2.24) is 4.73 Å². The Balaban J connectivity index is 2.06. The third-order valence-corrected chi connectivity index (χ3v) is 5.76. The van der Waals surface area contributed by atoms with E-state index in [1.54, 1.807) is 13.8 Å². The third kappa shape index (κ3) is 8.40. The van der Waals surface area contributed by atoms with Gasteiger partial charge >= 0.3 is 0 Å². The van der Waals surface area contributed by atoms with Crippen LogP contribution < -0.4 is 11.2 Å². The normalized spacial score (nSPS) is 11.2. The van der Waals surface area contributed by atoms with Crippen molar-refractivity contribution >= 4 is 5.69 Å². The van der Waals surface area contributed by atoms with Crippen molar-refractivity contribution in [3.8, 4) is 0 Å². The van der Waals surface area contributed by atoms with Gasteiger partial charge in [0.2, 0.25) is 5.43 Å². The maximum atomic E-state index is 12.3. The number of aromatic nitrogens is 1. The van der Waals surface area contributed by atoms with Crippen LogP contribution in [0.5, 0.6) is 0 Å². The molecular formula is C23H42N2O2. The van der Waals surface area contributed by atoms with Gasteiger partial charge in [-0.05, 0) is 26.7 Å². The zero-order chi connectivity index (χ0) is 20.1. The molecule has 156 valence electrons. The van der Waals surface area contributed by atoms with Gasteiger partial charge in [-0.3, -0.25) is 4.79 Å². The molecule has 0 aliphatic carbocycles. The third-order valence-electron chi connectivity index (χ3n) is 5.76. The Morgan fingerprint density at radius 2 is 1.15 bits per heavy atom. The van der Waals surface area contributed by atoms with E-state index >= 15 is 0 Å². The van der Waals surface area contributed by atoms with Gasteiger partial charge in [-0.15, -0.1) is 0 Å². The van der Waals surface area contributed by atoms with Crippen molar-refractivity contribution in [2.24, 2.45) is 0 Å². The summed E-state index contributed by atoms with van der Waals surface area (Å²) in [6, 6.07) is 0. The molecule has 0 atom stereocenters. The molecule has 0 fully saturated rings. The summed E-state index contributed by atoms with van der Waals surface area (Å²) < 4.78 is 1.05. The van der Waals surface area contributed by atoms with Crippen LogP contribution in [0, 0.1) is 13.8 Å². The molecule has 0 saturated heterocycles. The Morgan fingerprint density at radius 3 is 1.59 bits per heavy atom. The molecule has 1 aromatic rings. The Bertz CT molecular complexity index is 593. The summed E-state index contributed by atoms with van der Waals surface area (Å²) in [4.78, 5) is 12.3. The summed E-state index contributed by atoms with van der Waals surface area (Å²) in [6.07, 6.45) is 19.2. The van der Waals surface area contributed by atoms with E-state index in [9.17, 15) is 10.0 Å². The molecular weight excluding hydrogens is 336 g/mol. The fourth-order valence-electron chi connectivity index (χ4n) is 3.78. The van der Waals surface area contributed by atoms with Crippen LogP contribution >= 0.6 is 0 Å². The molecule has 1 heterocycles. The fourth-order valence-corrected chi connectivity index (χ4v) is 3.78. The van der Waals surface area contributed by atoms with E-state index in [0.29, 0.717) is 23.4 Å². The van der Waals surface area contributed by atoms with Crippen molar-refractivity contribution in [3.63, 3.8) is 0 Å². The lowest BCUT2D eigenvalue weighted by atomic mass is 10.0. The second kappa shape index (κ2) is 13.7. The number of nitrogen functional groups attached to an aromatic ring is 1. The Hall–Kier alpha value is -1.45. The van der Waals surface area contributed by atoms with E-state index in [4.69, 9.17) is 5.73 Å². The summed E-state index contributed by atoms with van der Waals surface area (Å²) in [5.74, 6) is 0. The standard InChI is InChI=1S/C23H42N2O2/c1-4-5-6-7-8-9-10-11-12-13-14-15-16-17-18-21-19(2)25(27)20(3)22(24)23(21)26/h27H,4-18,24H2,1-3H3. The van der Waals surface area contributed by atoms with Crippen molar-refractivity contribution in [1.29, 1.82) is 0 Å². The lowest BCUT2D eigenvalue weighted by Crippen LogP contribution is -2.23. The monoisotopic (exact) mass is 378 g/mol. The van der Waals surface area contributed by atoms with Crippen LogP contribution in [-0.2, 0) is 6.42 Å². The maximum absolute atomic E-state index is 12.3. The summed E-state index contributed by atoms with van der Waals surface area (Å²) in [5.41, 5.74) is 7.60. The zero-order valence-electron chi connectivity index (χ0n) is 18.0. The number of nitrogens with two attached hydrogens (primary N) is 1. The molecule has 1 aromatic heterocycles. The Labute approximate surface area is 166 Å². The van der Waals surface area contributed by atoms with Gasteiger partial charge in [0.25, 0.3) is 0 Å². The first kappa shape index (κ1) is 23.6. The van der Waals surface area contributed by atoms with Gasteiger partial charge < -0.3 is 10.9 Å². The van der Waals surface area contributed by atoms with Crippen LogP contribution in [0.25, 0.3) is 0 Å². The molecule has 4 nitrogen and oxygen atoms in total. The van der Waals surface area contributed by atoms with E-state index in [1.165, 1.54) is 77.0 Å². The van der Waals surface area contributed by atoms with Gasteiger partial charge in [0, 0.05) is 5.56 Å². The number of hydrogen-bond donors (Lipinski definition) is 2. The second-order valence-corrected chi connectivity index (χ2v) is 8.05. The van der Waals surface area contributed by atoms with Crippen LogP contribution in [0.2, 0.25) is 0 Å². The average Bonchev–Trinajstić information content (AvgIpc) is 2.67. The minimum Gasteiger partial charge on any atom is -0.428 e.